The lowest BCUT2D eigenvalue weighted by Gasteiger charge is -2.31. The maximum atomic E-state index is 11.5. The second-order valence-electron chi connectivity index (χ2n) is 6.53. The van der Waals surface area contributed by atoms with E-state index in [9.17, 15) is 4.79 Å². The van der Waals surface area contributed by atoms with Crippen LogP contribution in [0.25, 0.3) is 11.4 Å². The van der Waals surface area contributed by atoms with Gasteiger partial charge in [-0.2, -0.15) is 4.98 Å². The molecule has 6 nitrogen and oxygen atoms in total. The number of carbonyl (C=O) groups is 1. The third-order valence-corrected chi connectivity index (χ3v) is 4.72. The van der Waals surface area contributed by atoms with Crippen molar-refractivity contribution in [2.24, 2.45) is 0 Å². The molecule has 1 N–H and O–H groups in total. The van der Waals surface area contributed by atoms with Gasteiger partial charge >= 0.3 is 0 Å². The van der Waals surface area contributed by atoms with Crippen molar-refractivity contribution in [1.29, 1.82) is 0 Å². The van der Waals surface area contributed by atoms with E-state index in [0.29, 0.717) is 30.7 Å². The fourth-order valence-electron chi connectivity index (χ4n) is 3.08. The third kappa shape index (κ3) is 4.66. The Hall–Kier alpha value is -2.21. The summed E-state index contributed by atoms with van der Waals surface area (Å²) in [7, 11) is 0. The van der Waals surface area contributed by atoms with Crippen LogP contribution in [0.2, 0.25) is 0 Å². The van der Waals surface area contributed by atoms with Gasteiger partial charge < -0.3 is 9.84 Å². The molecule has 2 heterocycles. The number of benzene rings is 1. The maximum absolute atomic E-state index is 11.5. The van der Waals surface area contributed by atoms with E-state index >= 15 is 0 Å². The number of hydrogen-bond acceptors (Lipinski definition) is 5. The highest BCUT2D eigenvalue weighted by Crippen LogP contribution is 2.19. The Labute approximate surface area is 148 Å². The summed E-state index contributed by atoms with van der Waals surface area (Å²) in [5.41, 5.74) is 2.28. The Morgan fingerprint density at radius 1 is 1.24 bits per heavy atom. The van der Waals surface area contributed by atoms with Gasteiger partial charge in [-0.05, 0) is 24.8 Å². The van der Waals surface area contributed by atoms with E-state index in [4.69, 9.17) is 4.52 Å². The van der Waals surface area contributed by atoms with Crippen molar-refractivity contribution < 1.29 is 9.32 Å². The Morgan fingerprint density at radius 2 is 1.96 bits per heavy atom. The van der Waals surface area contributed by atoms with Gasteiger partial charge in [0, 0.05) is 31.1 Å². The number of aromatic nitrogens is 2. The molecule has 0 saturated carbocycles. The number of amides is 1. The van der Waals surface area contributed by atoms with Gasteiger partial charge in [-0.1, -0.05) is 43.3 Å². The molecule has 1 fully saturated rings. The van der Waals surface area contributed by atoms with Crippen LogP contribution in [-0.2, 0) is 17.8 Å². The average molecular weight is 342 g/mol. The highest BCUT2D eigenvalue weighted by atomic mass is 16.5. The Morgan fingerprint density at radius 3 is 2.60 bits per heavy atom. The zero-order chi connectivity index (χ0) is 17.6. The predicted molar refractivity (Wildman–Crippen MR) is 95.8 cm³/mol. The highest BCUT2D eigenvalue weighted by Gasteiger charge is 2.22. The zero-order valence-electron chi connectivity index (χ0n) is 15.0. The molecular weight excluding hydrogens is 316 g/mol. The Kier molecular flexibility index (Phi) is 5.81. The fraction of sp³-hybridized carbons (Fsp3) is 0.526. The molecule has 2 aromatic rings. The minimum Gasteiger partial charge on any atom is -0.353 e. The van der Waals surface area contributed by atoms with Crippen molar-refractivity contribution in [3.05, 3.63) is 35.7 Å². The van der Waals surface area contributed by atoms with E-state index in [1.807, 2.05) is 19.1 Å². The zero-order valence-corrected chi connectivity index (χ0v) is 15.0. The molecule has 1 aliphatic rings. The van der Waals surface area contributed by atoms with Gasteiger partial charge in [0.1, 0.15) is 0 Å². The van der Waals surface area contributed by atoms with Crippen molar-refractivity contribution in [2.45, 2.75) is 52.1 Å². The molecule has 134 valence electrons. The van der Waals surface area contributed by atoms with Crippen LogP contribution in [-0.4, -0.2) is 40.1 Å². The van der Waals surface area contributed by atoms with E-state index in [2.05, 4.69) is 39.4 Å². The van der Waals surface area contributed by atoms with Crippen LogP contribution in [0.4, 0.5) is 0 Å². The number of hydrogen-bond donors (Lipinski definition) is 1. The lowest BCUT2D eigenvalue weighted by atomic mass is 10.0. The standard InChI is InChI=1S/C19H26N4O2/c1-3-14-5-7-15(8-6-14)19-21-18(25-22-19)13-23-11-9-16(10-12-23)20-17(24)4-2/h5-8,16H,3-4,9-13H2,1-2H3,(H,20,24). The Balaban J connectivity index is 1.53. The van der Waals surface area contributed by atoms with E-state index < -0.39 is 0 Å². The second-order valence-corrected chi connectivity index (χ2v) is 6.53. The topological polar surface area (TPSA) is 71.3 Å². The van der Waals surface area contributed by atoms with Crippen LogP contribution >= 0.6 is 0 Å². The predicted octanol–water partition coefficient (Wildman–Crippen LogP) is 2.79. The smallest absolute Gasteiger partial charge is 0.241 e. The fourth-order valence-corrected chi connectivity index (χ4v) is 3.08. The molecule has 6 heteroatoms. The molecule has 0 bridgehead atoms. The third-order valence-electron chi connectivity index (χ3n) is 4.72. The van der Waals surface area contributed by atoms with E-state index in [1.165, 1.54) is 5.56 Å². The molecule has 0 spiro atoms. The number of nitrogens with one attached hydrogen (secondary N) is 1. The lowest BCUT2D eigenvalue weighted by molar-refractivity contribution is -0.121. The van der Waals surface area contributed by atoms with E-state index in [1.54, 1.807) is 0 Å². The quantitative estimate of drug-likeness (QED) is 0.874. The first-order valence-electron chi connectivity index (χ1n) is 9.11. The van der Waals surface area contributed by atoms with Crippen molar-refractivity contribution >= 4 is 5.91 Å². The summed E-state index contributed by atoms with van der Waals surface area (Å²) in [4.78, 5) is 18.3. The molecule has 0 aliphatic carbocycles. The van der Waals surface area contributed by atoms with Crippen molar-refractivity contribution in [2.75, 3.05) is 13.1 Å². The largest absolute Gasteiger partial charge is 0.353 e. The summed E-state index contributed by atoms with van der Waals surface area (Å²) in [6.45, 7) is 6.54. The maximum Gasteiger partial charge on any atom is 0.241 e. The molecule has 1 saturated heterocycles. The van der Waals surface area contributed by atoms with Gasteiger partial charge in [0.25, 0.3) is 0 Å². The van der Waals surface area contributed by atoms with Crippen LogP contribution in [0.15, 0.2) is 28.8 Å². The van der Waals surface area contributed by atoms with Crippen LogP contribution in [0.5, 0.6) is 0 Å². The van der Waals surface area contributed by atoms with Gasteiger partial charge in [-0.25, -0.2) is 0 Å². The number of carbonyl (C=O) groups excluding carboxylic acids is 1. The first-order chi connectivity index (χ1) is 12.2. The summed E-state index contributed by atoms with van der Waals surface area (Å²) < 4.78 is 5.41. The summed E-state index contributed by atoms with van der Waals surface area (Å²) in [6, 6.07) is 8.56. The van der Waals surface area contributed by atoms with Gasteiger partial charge in [-0.3, -0.25) is 9.69 Å². The van der Waals surface area contributed by atoms with Gasteiger partial charge in [-0.15, -0.1) is 0 Å². The minimum absolute atomic E-state index is 0.133. The van der Waals surface area contributed by atoms with Crippen LogP contribution in [0, 0.1) is 0 Å². The van der Waals surface area contributed by atoms with Crippen LogP contribution < -0.4 is 5.32 Å². The van der Waals surface area contributed by atoms with E-state index in [0.717, 1.165) is 37.9 Å². The molecule has 1 aromatic carbocycles. The molecular formula is C19H26N4O2. The van der Waals surface area contributed by atoms with E-state index in [-0.39, 0.29) is 5.91 Å². The average Bonchev–Trinajstić information content (AvgIpc) is 3.12. The number of aryl methyl sites for hydroxylation is 1. The van der Waals surface area contributed by atoms with Crippen LogP contribution in [0.3, 0.4) is 0 Å². The lowest BCUT2D eigenvalue weighted by Crippen LogP contribution is -2.44. The second kappa shape index (κ2) is 8.25. The monoisotopic (exact) mass is 342 g/mol. The van der Waals surface area contributed by atoms with Gasteiger partial charge in [0.2, 0.25) is 17.6 Å². The number of rotatable bonds is 6. The molecule has 0 radical (unpaired) electrons. The molecule has 3 rings (SSSR count). The summed E-state index contributed by atoms with van der Waals surface area (Å²) in [6.07, 6.45) is 3.49. The molecule has 1 aromatic heterocycles. The van der Waals surface area contributed by atoms with Crippen molar-refractivity contribution in [3.8, 4) is 11.4 Å². The first-order valence-corrected chi connectivity index (χ1v) is 9.11. The molecule has 0 atom stereocenters. The molecule has 25 heavy (non-hydrogen) atoms. The van der Waals surface area contributed by atoms with Crippen LogP contribution in [0.1, 0.15) is 44.6 Å². The Bertz CT molecular complexity index is 688. The minimum atomic E-state index is 0.133. The molecule has 0 unspecified atom stereocenters. The number of nitrogens with zero attached hydrogens (tertiary/aromatic N) is 3. The number of likely N-dealkylation sites (tertiary alicyclic amines) is 1. The van der Waals surface area contributed by atoms with Crippen molar-refractivity contribution in [1.82, 2.24) is 20.4 Å². The first kappa shape index (κ1) is 17.6. The summed E-state index contributed by atoms with van der Waals surface area (Å²) >= 11 is 0. The van der Waals surface area contributed by atoms with Crippen molar-refractivity contribution in [3.63, 3.8) is 0 Å². The van der Waals surface area contributed by atoms with Gasteiger partial charge in [0.15, 0.2) is 0 Å². The SMILES string of the molecule is CCC(=O)NC1CCN(Cc2nc(-c3ccc(CC)cc3)no2)CC1. The summed E-state index contributed by atoms with van der Waals surface area (Å²) in [5, 5.41) is 7.17. The molecule has 1 amide bonds. The normalized spacial score (nSPS) is 16.1. The number of piperidine rings is 1. The summed E-state index contributed by atoms with van der Waals surface area (Å²) in [5.74, 6) is 1.42. The van der Waals surface area contributed by atoms with Gasteiger partial charge in [0.05, 0.1) is 6.54 Å². The highest BCUT2D eigenvalue weighted by molar-refractivity contribution is 5.75. The molecule has 1 aliphatic heterocycles.